The Balaban J connectivity index is 1.88. The monoisotopic (exact) mass is 413 g/mol. The van der Waals surface area contributed by atoms with Crippen molar-refractivity contribution in [2.24, 2.45) is 4.99 Å². The third-order valence-electron chi connectivity index (χ3n) is 4.88. The predicted octanol–water partition coefficient (Wildman–Crippen LogP) is 5.83. The highest BCUT2D eigenvalue weighted by molar-refractivity contribution is 5.90. The third-order valence-corrected chi connectivity index (χ3v) is 4.88. The van der Waals surface area contributed by atoms with Gasteiger partial charge in [-0.15, -0.1) is 0 Å². The summed E-state index contributed by atoms with van der Waals surface area (Å²) in [7, 11) is 1.64. The molecule has 5 nitrogen and oxygen atoms in total. The van der Waals surface area contributed by atoms with Gasteiger partial charge in [0.15, 0.2) is 0 Å². The number of aryl methyl sites for hydroxylation is 1. The van der Waals surface area contributed by atoms with Gasteiger partial charge in [0, 0.05) is 17.0 Å². The van der Waals surface area contributed by atoms with Gasteiger partial charge in [-0.1, -0.05) is 17.7 Å². The first kappa shape index (κ1) is 20.4. The van der Waals surface area contributed by atoms with Gasteiger partial charge in [-0.2, -0.15) is 0 Å². The van der Waals surface area contributed by atoms with Crippen molar-refractivity contribution in [3.63, 3.8) is 0 Å². The molecule has 1 aromatic heterocycles. The van der Waals surface area contributed by atoms with Crippen LogP contribution in [-0.2, 0) is 4.74 Å². The molecular formula is C26H23NO4. The standard InChI is InChI=1S/C26H23NO4/c1-4-30-26(28)19-6-5-7-20(15-19)27-23-16-25(18-9-11-21(29-3)12-10-18)31-24-13-8-17(2)14-22(23)24/h5-16H,4H2,1-3H3. The normalized spacial score (nSPS) is 11.5. The third kappa shape index (κ3) is 4.51. The molecule has 0 saturated carbocycles. The number of hydrogen-bond acceptors (Lipinski definition) is 5. The number of carbonyl (C=O) groups is 1. The van der Waals surface area contributed by atoms with Crippen LogP contribution in [0.1, 0.15) is 22.8 Å². The second-order valence-electron chi connectivity index (χ2n) is 7.11. The average Bonchev–Trinajstić information content (AvgIpc) is 2.79. The topological polar surface area (TPSA) is 61.0 Å². The lowest BCUT2D eigenvalue weighted by molar-refractivity contribution is 0.0526. The number of carbonyl (C=O) groups excluding carboxylic acids is 1. The fourth-order valence-corrected chi connectivity index (χ4v) is 3.33. The molecule has 0 spiro atoms. The molecule has 0 fully saturated rings. The lowest BCUT2D eigenvalue weighted by Gasteiger charge is -2.07. The molecule has 156 valence electrons. The molecule has 31 heavy (non-hydrogen) atoms. The summed E-state index contributed by atoms with van der Waals surface area (Å²) in [5.41, 5.74) is 3.90. The molecule has 0 aliphatic rings. The zero-order chi connectivity index (χ0) is 21.8. The van der Waals surface area contributed by atoms with Crippen LogP contribution in [0.25, 0.3) is 22.3 Å². The number of methoxy groups -OCH3 is 1. The molecule has 5 heteroatoms. The van der Waals surface area contributed by atoms with Gasteiger partial charge in [0.25, 0.3) is 0 Å². The minimum atomic E-state index is -0.359. The minimum absolute atomic E-state index is 0.329. The average molecular weight is 413 g/mol. The van der Waals surface area contributed by atoms with Gasteiger partial charge < -0.3 is 13.9 Å². The second-order valence-corrected chi connectivity index (χ2v) is 7.11. The van der Waals surface area contributed by atoms with Crippen molar-refractivity contribution in [1.29, 1.82) is 0 Å². The smallest absolute Gasteiger partial charge is 0.338 e. The van der Waals surface area contributed by atoms with E-state index in [1.165, 1.54) is 0 Å². The van der Waals surface area contributed by atoms with Crippen LogP contribution in [0.15, 0.2) is 82.2 Å². The highest BCUT2D eigenvalue weighted by atomic mass is 16.5. The minimum Gasteiger partial charge on any atom is -0.497 e. The molecule has 0 bridgehead atoms. The van der Waals surface area contributed by atoms with Crippen molar-refractivity contribution in [2.45, 2.75) is 13.8 Å². The first-order valence-corrected chi connectivity index (χ1v) is 10.1. The summed E-state index contributed by atoms with van der Waals surface area (Å²) in [6.45, 7) is 4.15. The molecule has 4 rings (SSSR count). The Morgan fingerprint density at radius 3 is 2.55 bits per heavy atom. The predicted molar refractivity (Wildman–Crippen MR) is 121 cm³/mol. The van der Waals surface area contributed by atoms with Crippen molar-refractivity contribution >= 4 is 22.6 Å². The van der Waals surface area contributed by atoms with E-state index < -0.39 is 0 Å². The molecule has 0 N–H and O–H groups in total. The molecule has 0 unspecified atom stereocenters. The Morgan fingerprint density at radius 1 is 1.00 bits per heavy atom. The maximum Gasteiger partial charge on any atom is 0.338 e. The fourth-order valence-electron chi connectivity index (χ4n) is 3.33. The molecule has 0 amide bonds. The lowest BCUT2D eigenvalue weighted by atomic mass is 10.1. The summed E-state index contributed by atoms with van der Waals surface area (Å²) < 4.78 is 16.5. The first-order valence-electron chi connectivity index (χ1n) is 10.1. The number of hydrogen-bond donors (Lipinski definition) is 0. The van der Waals surface area contributed by atoms with Gasteiger partial charge in [-0.25, -0.2) is 9.79 Å². The summed E-state index contributed by atoms with van der Waals surface area (Å²) in [5, 5.41) is 1.66. The van der Waals surface area contributed by atoms with Crippen LogP contribution in [-0.4, -0.2) is 19.7 Å². The van der Waals surface area contributed by atoms with Crippen LogP contribution in [0, 0.1) is 6.92 Å². The van der Waals surface area contributed by atoms with E-state index in [0.717, 1.165) is 33.2 Å². The number of nitrogens with zero attached hydrogens (tertiary/aromatic N) is 1. The van der Waals surface area contributed by atoms with E-state index in [0.29, 0.717) is 23.6 Å². The molecule has 4 aromatic rings. The number of ether oxygens (including phenoxy) is 2. The van der Waals surface area contributed by atoms with Crippen molar-refractivity contribution < 1.29 is 18.7 Å². The molecule has 0 atom stereocenters. The van der Waals surface area contributed by atoms with Crippen molar-refractivity contribution in [2.75, 3.05) is 13.7 Å². The van der Waals surface area contributed by atoms with Gasteiger partial charge in [0.05, 0.1) is 30.3 Å². The largest absolute Gasteiger partial charge is 0.497 e. The van der Waals surface area contributed by atoms with Crippen molar-refractivity contribution in [1.82, 2.24) is 0 Å². The summed E-state index contributed by atoms with van der Waals surface area (Å²) >= 11 is 0. The second kappa shape index (κ2) is 8.88. The maximum atomic E-state index is 12.1. The van der Waals surface area contributed by atoms with Gasteiger partial charge in [0.1, 0.15) is 17.1 Å². The Kier molecular flexibility index (Phi) is 5.85. The van der Waals surface area contributed by atoms with Gasteiger partial charge in [0.2, 0.25) is 0 Å². The van der Waals surface area contributed by atoms with Gasteiger partial charge in [-0.3, -0.25) is 0 Å². The van der Waals surface area contributed by atoms with E-state index in [1.54, 1.807) is 32.2 Å². The Hall–Kier alpha value is -3.86. The number of benzene rings is 3. The van der Waals surface area contributed by atoms with E-state index in [2.05, 4.69) is 0 Å². The van der Waals surface area contributed by atoms with Gasteiger partial charge >= 0.3 is 5.97 Å². The zero-order valence-electron chi connectivity index (χ0n) is 17.7. The number of fused-ring (bicyclic) bond motifs is 1. The SMILES string of the molecule is CCOC(=O)c1cccc(N=c2cc(-c3ccc(OC)cc3)oc3ccc(C)cc23)c1. The van der Waals surface area contributed by atoms with Gasteiger partial charge in [-0.05, 0) is 68.4 Å². The van der Waals surface area contributed by atoms with E-state index in [4.69, 9.17) is 18.9 Å². The first-order chi connectivity index (χ1) is 15.1. The van der Waals surface area contributed by atoms with Crippen LogP contribution in [0.2, 0.25) is 0 Å². The fraction of sp³-hybridized carbons (Fsp3) is 0.154. The summed E-state index contributed by atoms with van der Waals surface area (Å²) in [4.78, 5) is 16.9. The number of esters is 1. The Bertz CT molecular complexity index is 1300. The zero-order valence-corrected chi connectivity index (χ0v) is 17.7. The maximum absolute atomic E-state index is 12.1. The van der Waals surface area contributed by atoms with Crippen molar-refractivity contribution in [3.05, 3.63) is 89.3 Å². The Labute approximate surface area is 180 Å². The summed E-state index contributed by atoms with van der Waals surface area (Å²) in [6.07, 6.45) is 0. The molecule has 0 aliphatic carbocycles. The lowest BCUT2D eigenvalue weighted by Crippen LogP contribution is -2.05. The van der Waals surface area contributed by atoms with E-state index in [9.17, 15) is 4.79 Å². The highest BCUT2D eigenvalue weighted by Gasteiger charge is 2.09. The van der Waals surface area contributed by atoms with Crippen LogP contribution in [0.5, 0.6) is 5.75 Å². The van der Waals surface area contributed by atoms with E-state index in [1.807, 2.05) is 61.5 Å². The van der Waals surface area contributed by atoms with Crippen LogP contribution < -0.4 is 10.1 Å². The van der Waals surface area contributed by atoms with E-state index in [-0.39, 0.29) is 5.97 Å². The molecular weight excluding hydrogens is 390 g/mol. The quantitative estimate of drug-likeness (QED) is 0.387. The van der Waals surface area contributed by atoms with Crippen molar-refractivity contribution in [3.8, 4) is 17.1 Å². The highest BCUT2D eigenvalue weighted by Crippen LogP contribution is 2.25. The number of rotatable bonds is 5. The summed E-state index contributed by atoms with van der Waals surface area (Å²) in [5.74, 6) is 1.11. The van der Waals surface area contributed by atoms with Crippen LogP contribution in [0.3, 0.4) is 0 Å². The molecule has 0 radical (unpaired) electrons. The summed E-state index contributed by atoms with van der Waals surface area (Å²) in [6, 6.07) is 22.7. The molecule has 0 aliphatic heterocycles. The Morgan fingerprint density at radius 2 is 1.81 bits per heavy atom. The van der Waals surface area contributed by atoms with Crippen LogP contribution in [0.4, 0.5) is 5.69 Å². The molecule has 3 aromatic carbocycles. The molecule has 1 heterocycles. The van der Waals surface area contributed by atoms with Crippen LogP contribution >= 0.6 is 0 Å². The molecule has 0 saturated heterocycles. The van der Waals surface area contributed by atoms with E-state index >= 15 is 0 Å².